The third kappa shape index (κ3) is 4.33. The molecular formula is C20H15N3O7. The van der Waals surface area contributed by atoms with Crippen LogP contribution in [0, 0.1) is 10.1 Å². The Balaban J connectivity index is 1.76. The fourth-order valence-electron chi connectivity index (χ4n) is 2.65. The number of non-ortho nitro benzene ring substituents is 1. The Morgan fingerprint density at radius 3 is 2.63 bits per heavy atom. The molecule has 1 heterocycles. The smallest absolute Gasteiger partial charge is 0.336 e. The van der Waals surface area contributed by atoms with E-state index in [1.807, 2.05) is 0 Å². The van der Waals surface area contributed by atoms with Crippen molar-refractivity contribution < 1.29 is 28.8 Å². The third-order valence-electron chi connectivity index (χ3n) is 4.05. The molecule has 152 valence electrons. The van der Waals surface area contributed by atoms with Gasteiger partial charge in [-0.1, -0.05) is 18.2 Å². The summed E-state index contributed by atoms with van der Waals surface area (Å²) in [5.74, 6) is -1.07. The van der Waals surface area contributed by atoms with Gasteiger partial charge in [-0.2, -0.15) is 5.10 Å². The van der Waals surface area contributed by atoms with Crippen LogP contribution in [0.15, 0.2) is 64.1 Å². The van der Waals surface area contributed by atoms with Gasteiger partial charge in [-0.05, 0) is 24.3 Å². The Bertz CT molecular complexity index is 1150. The molecule has 3 rings (SSSR count). The maximum Gasteiger partial charge on any atom is 0.336 e. The van der Waals surface area contributed by atoms with Crippen molar-refractivity contribution in [2.24, 2.45) is 5.10 Å². The van der Waals surface area contributed by atoms with Gasteiger partial charge in [0.2, 0.25) is 0 Å². The van der Waals surface area contributed by atoms with Gasteiger partial charge >= 0.3 is 5.97 Å². The first-order valence-electron chi connectivity index (χ1n) is 8.49. The lowest BCUT2D eigenvalue weighted by atomic mass is 10.1. The number of nitro benzene ring substituents is 1. The number of carbonyl (C=O) groups is 2. The topological polar surface area (TPSA) is 144 Å². The monoisotopic (exact) mass is 409 g/mol. The summed E-state index contributed by atoms with van der Waals surface area (Å²) in [7, 11) is 1.33. The highest BCUT2D eigenvalue weighted by Crippen LogP contribution is 2.26. The molecule has 0 aliphatic rings. The first kappa shape index (κ1) is 20.3. The number of furan rings is 1. The van der Waals surface area contributed by atoms with Crippen LogP contribution in [0.25, 0.3) is 11.3 Å². The van der Waals surface area contributed by atoms with Crippen LogP contribution in [-0.2, 0) is 0 Å². The van der Waals surface area contributed by atoms with Crippen LogP contribution in [0.4, 0.5) is 5.69 Å². The minimum atomic E-state index is -1.09. The molecule has 0 bridgehead atoms. The first-order chi connectivity index (χ1) is 14.4. The summed E-state index contributed by atoms with van der Waals surface area (Å²) in [5, 5.41) is 24.0. The summed E-state index contributed by atoms with van der Waals surface area (Å²) in [6.45, 7) is 0. The van der Waals surface area contributed by atoms with Crippen molar-refractivity contribution >= 4 is 23.8 Å². The molecule has 2 aromatic carbocycles. The molecule has 0 aliphatic heterocycles. The molecule has 0 aliphatic carbocycles. The number of amides is 1. The zero-order valence-electron chi connectivity index (χ0n) is 15.6. The number of carboxylic acid groups (broad SMARTS) is 1. The number of hydrazone groups is 1. The number of carbonyl (C=O) groups excluding carboxylic acids is 1. The second kappa shape index (κ2) is 8.69. The third-order valence-corrected chi connectivity index (χ3v) is 4.05. The normalized spacial score (nSPS) is 10.7. The molecule has 3 aromatic rings. The molecule has 10 heteroatoms. The van der Waals surface area contributed by atoms with Crippen molar-refractivity contribution in [3.63, 3.8) is 0 Å². The first-order valence-corrected chi connectivity index (χ1v) is 8.49. The van der Waals surface area contributed by atoms with E-state index in [0.29, 0.717) is 11.3 Å². The molecule has 0 atom stereocenters. The summed E-state index contributed by atoms with van der Waals surface area (Å²) in [6, 6.07) is 13.1. The fourth-order valence-corrected chi connectivity index (χ4v) is 2.65. The lowest BCUT2D eigenvalue weighted by Gasteiger charge is -2.06. The number of methoxy groups -OCH3 is 1. The van der Waals surface area contributed by atoms with E-state index in [-0.39, 0.29) is 28.3 Å². The van der Waals surface area contributed by atoms with Crippen molar-refractivity contribution in [1.29, 1.82) is 0 Å². The van der Waals surface area contributed by atoms with Gasteiger partial charge in [0.25, 0.3) is 11.6 Å². The Hall–Kier alpha value is -4.47. The van der Waals surface area contributed by atoms with Crippen LogP contribution in [0.1, 0.15) is 26.5 Å². The predicted octanol–water partition coefficient (Wildman–Crippen LogP) is 3.33. The van der Waals surface area contributed by atoms with Crippen molar-refractivity contribution in [3.8, 4) is 17.1 Å². The van der Waals surface area contributed by atoms with Gasteiger partial charge < -0.3 is 14.3 Å². The van der Waals surface area contributed by atoms with Crippen LogP contribution in [0.2, 0.25) is 0 Å². The van der Waals surface area contributed by atoms with Crippen LogP contribution >= 0.6 is 0 Å². The van der Waals surface area contributed by atoms with Crippen molar-refractivity contribution in [3.05, 3.63) is 81.6 Å². The second-order valence-corrected chi connectivity index (χ2v) is 5.89. The Morgan fingerprint density at radius 2 is 1.93 bits per heavy atom. The summed E-state index contributed by atoms with van der Waals surface area (Å²) >= 11 is 0. The van der Waals surface area contributed by atoms with E-state index in [1.165, 1.54) is 31.5 Å². The zero-order chi connectivity index (χ0) is 21.7. The fraction of sp³-hybridized carbons (Fsp3) is 0.0500. The number of ether oxygens (including phenoxy) is 1. The number of aromatic carboxylic acids is 1. The minimum Gasteiger partial charge on any atom is -0.496 e. The van der Waals surface area contributed by atoms with E-state index in [1.54, 1.807) is 30.3 Å². The Labute approximate surface area is 169 Å². The number of carboxylic acids is 1. The molecule has 0 saturated carbocycles. The van der Waals surface area contributed by atoms with E-state index >= 15 is 0 Å². The number of nitrogens with one attached hydrogen (secondary N) is 1. The van der Waals surface area contributed by atoms with Crippen LogP contribution < -0.4 is 10.2 Å². The molecule has 30 heavy (non-hydrogen) atoms. The van der Waals surface area contributed by atoms with Crippen LogP contribution in [0.3, 0.4) is 0 Å². The molecule has 10 nitrogen and oxygen atoms in total. The molecule has 1 amide bonds. The van der Waals surface area contributed by atoms with E-state index in [0.717, 1.165) is 6.07 Å². The number of benzene rings is 2. The van der Waals surface area contributed by atoms with Gasteiger partial charge in [-0.25, -0.2) is 10.2 Å². The van der Waals surface area contributed by atoms with Gasteiger partial charge in [0.1, 0.15) is 17.3 Å². The number of nitrogens with zero attached hydrogens (tertiary/aromatic N) is 2. The van der Waals surface area contributed by atoms with Gasteiger partial charge in [-0.3, -0.25) is 14.9 Å². The van der Waals surface area contributed by atoms with E-state index in [9.17, 15) is 24.8 Å². The average Bonchev–Trinajstić information content (AvgIpc) is 3.21. The molecule has 0 spiro atoms. The maximum atomic E-state index is 12.3. The van der Waals surface area contributed by atoms with Crippen molar-refractivity contribution in [2.75, 3.05) is 7.11 Å². The van der Waals surface area contributed by atoms with Crippen molar-refractivity contribution in [1.82, 2.24) is 5.43 Å². The lowest BCUT2D eigenvalue weighted by molar-refractivity contribution is -0.384. The number of hydrogen-bond acceptors (Lipinski definition) is 7. The van der Waals surface area contributed by atoms with Gasteiger partial charge in [0.05, 0.1) is 29.4 Å². The summed E-state index contributed by atoms with van der Waals surface area (Å²) in [4.78, 5) is 33.9. The SMILES string of the molecule is COc1ccc([N+](=O)[O-])cc1C(=O)N/N=C\c1ccc(-c2ccccc2C(=O)O)o1. The Kier molecular flexibility index (Phi) is 5.87. The van der Waals surface area contributed by atoms with Crippen LogP contribution in [-0.4, -0.2) is 35.2 Å². The zero-order valence-corrected chi connectivity index (χ0v) is 15.6. The van der Waals surface area contributed by atoms with Gasteiger partial charge in [0.15, 0.2) is 0 Å². The van der Waals surface area contributed by atoms with E-state index < -0.39 is 16.8 Å². The summed E-state index contributed by atoms with van der Waals surface area (Å²) < 4.78 is 10.6. The highest BCUT2D eigenvalue weighted by atomic mass is 16.6. The molecule has 0 radical (unpaired) electrons. The highest BCUT2D eigenvalue weighted by molar-refractivity contribution is 5.98. The molecule has 1 aromatic heterocycles. The van der Waals surface area contributed by atoms with E-state index in [2.05, 4.69) is 10.5 Å². The van der Waals surface area contributed by atoms with Crippen LogP contribution in [0.5, 0.6) is 5.75 Å². The standard InChI is InChI=1S/C20H15N3O7/c1-29-17-8-6-12(23(27)28)10-16(17)19(24)22-21-11-13-7-9-18(30-13)14-4-2-3-5-15(14)20(25)26/h2-11H,1H3,(H,22,24)(H,25,26)/b21-11-. The summed E-state index contributed by atoms with van der Waals surface area (Å²) in [5.41, 5.74) is 2.40. The van der Waals surface area contributed by atoms with Crippen molar-refractivity contribution in [2.45, 2.75) is 0 Å². The van der Waals surface area contributed by atoms with Gasteiger partial charge in [-0.15, -0.1) is 0 Å². The molecular weight excluding hydrogens is 394 g/mol. The summed E-state index contributed by atoms with van der Waals surface area (Å²) in [6.07, 6.45) is 1.22. The Morgan fingerprint density at radius 1 is 1.17 bits per heavy atom. The lowest BCUT2D eigenvalue weighted by Crippen LogP contribution is -2.18. The van der Waals surface area contributed by atoms with E-state index in [4.69, 9.17) is 9.15 Å². The second-order valence-electron chi connectivity index (χ2n) is 5.89. The molecule has 0 unspecified atom stereocenters. The molecule has 2 N–H and O–H groups in total. The number of hydrogen-bond donors (Lipinski definition) is 2. The quantitative estimate of drug-likeness (QED) is 0.346. The highest BCUT2D eigenvalue weighted by Gasteiger charge is 2.17. The largest absolute Gasteiger partial charge is 0.496 e. The molecule has 0 fully saturated rings. The maximum absolute atomic E-state index is 12.3. The number of rotatable bonds is 7. The van der Waals surface area contributed by atoms with Gasteiger partial charge in [0, 0.05) is 17.7 Å². The molecule has 0 saturated heterocycles. The predicted molar refractivity (Wildman–Crippen MR) is 106 cm³/mol. The minimum absolute atomic E-state index is 0.0561. The number of nitro groups is 1. The average molecular weight is 409 g/mol.